The highest BCUT2D eigenvalue weighted by Gasteiger charge is 2.27. The maximum atomic E-state index is 11.5. The first-order valence-corrected chi connectivity index (χ1v) is 6.39. The Balaban J connectivity index is 1.97. The quantitative estimate of drug-likeness (QED) is 0.762. The molecule has 17 heavy (non-hydrogen) atoms. The Kier molecular flexibility index (Phi) is 2.73. The number of esters is 1. The summed E-state index contributed by atoms with van der Waals surface area (Å²) in [6.45, 7) is 0.536. The second kappa shape index (κ2) is 4.37. The van der Waals surface area contributed by atoms with Crippen molar-refractivity contribution in [3.63, 3.8) is 0 Å². The Labute approximate surface area is 103 Å². The van der Waals surface area contributed by atoms with E-state index < -0.39 is 0 Å². The molecule has 2 heterocycles. The lowest BCUT2D eigenvalue weighted by Gasteiger charge is -2.07. The second-order valence-electron chi connectivity index (χ2n) is 3.89. The lowest BCUT2D eigenvalue weighted by atomic mass is 10.2. The van der Waals surface area contributed by atoms with Gasteiger partial charge >= 0.3 is 5.97 Å². The largest absolute Gasteiger partial charge is 0.465 e. The van der Waals surface area contributed by atoms with E-state index in [1.807, 2.05) is 30.3 Å². The summed E-state index contributed by atoms with van der Waals surface area (Å²) in [5.41, 5.74) is 0.958. The van der Waals surface area contributed by atoms with Gasteiger partial charge in [-0.25, -0.2) is 0 Å². The van der Waals surface area contributed by atoms with Gasteiger partial charge in [-0.1, -0.05) is 18.2 Å². The van der Waals surface area contributed by atoms with Gasteiger partial charge in [0.15, 0.2) is 0 Å². The molecule has 86 valence electrons. The van der Waals surface area contributed by atoms with Crippen molar-refractivity contribution in [1.82, 2.24) is 4.98 Å². The molecule has 0 saturated carbocycles. The number of aromatic nitrogens is 1. The van der Waals surface area contributed by atoms with Crippen LogP contribution in [0.25, 0.3) is 10.9 Å². The molecule has 3 nitrogen and oxygen atoms in total. The highest BCUT2D eigenvalue weighted by atomic mass is 32.2. The first-order valence-electron chi connectivity index (χ1n) is 5.51. The fraction of sp³-hybridized carbons (Fsp3) is 0.231. The van der Waals surface area contributed by atoms with E-state index in [0.717, 1.165) is 22.2 Å². The third-order valence-electron chi connectivity index (χ3n) is 2.75. The lowest BCUT2D eigenvalue weighted by molar-refractivity contribution is -0.137. The van der Waals surface area contributed by atoms with Crippen LogP contribution in [0.1, 0.15) is 6.42 Å². The third-order valence-corrected chi connectivity index (χ3v) is 4.05. The third kappa shape index (κ3) is 2.00. The van der Waals surface area contributed by atoms with E-state index >= 15 is 0 Å². The number of hydrogen-bond donors (Lipinski definition) is 0. The number of rotatable bonds is 2. The topological polar surface area (TPSA) is 39.2 Å². The molecule has 0 aliphatic carbocycles. The molecular weight excluding hydrogens is 234 g/mol. The van der Waals surface area contributed by atoms with Gasteiger partial charge in [-0.2, -0.15) is 0 Å². The highest BCUT2D eigenvalue weighted by molar-refractivity contribution is 8.00. The average molecular weight is 245 g/mol. The predicted octanol–water partition coefficient (Wildman–Crippen LogP) is 2.64. The Morgan fingerprint density at radius 1 is 1.29 bits per heavy atom. The first kappa shape index (κ1) is 10.6. The normalized spacial score (nSPS) is 19.5. The van der Waals surface area contributed by atoms with Crippen LogP contribution in [0.4, 0.5) is 0 Å². The minimum atomic E-state index is -0.108. The van der Waals surface area contributed by atoms with Gasteiger partial charge in [0, 0.05) is 22.9 Å². The first-order chi connectivity index (χ1) is 8.34. The van der Waals surface area contributed by atoms with Gasteiger partial charge < -0.3 is 4.74 Å². The van der Waals surface area contributed by atoms with Crippen molar-refractivity contribution in [3.8, 4) is 0 Å². The number of fused-ring (bicyclic) bond motifs is 1. The van der Waals surface area contributed by atoms with Crippen molar-refractivity contribution in [1.29, 1.82) is 0 Å². The maximum absolute atomic E-state index is 11.5. The second-order valence-corrected chi connectivity index (χ2v) is 5.14. The summed E-state index contributed by atoms with van der Waals surface area (Å²) in [7, 11) is 0. The maximum Gasteiger partial charge on any atom is 0.319 e. The molecule has 2 aromatic rings. The van der Waals surface area contributed by atoms with Crippen molar-refractivity contribution in [2.45, 2.75) is 16.6 Å². The molecule has 0 bridgehead atoms. The number of para-hydroxylation sites is 1. The monoisotopic (exact) mass is 245 g/mol. The van der Waals surface area contributed by atoms with Crippen LogP contribution in [0, 0.1) is 0 Å². The minimum Gasteiger partial charge on any atom is -0.465 e. The molecule has 4 heteroatoms. The Morgan fingerprint density at radius 2 is 2.18 bits per heavy atom. The van der Waals surface area contributed by atoms with Gasteiger partial charge in [0.25, 0.3) is 0 Å². The Morgan fingerprint density at radius 3 is 3.00 bits per heavy atom. The van der Waals surface area contributed by atoms with Crippen molar-refractivity contribution in [2.24, 2.45) is 0 Å². The van der Waals surface area contributed by atoms with E-state index in [1.54, 1.807) is 18.0 Å². The van der Waals surface area contributed by atoms with Crippen LogP contribution in [0.3, 0.4) is 0 Å². The summed E-state index contributed by atoms with van der Waals surface area (Å²) >= 11 is 1.55. The number of carbonyl (C=O) groups is 1. The van der Waals surface area contributed by atoms with E-state index in [0.29, 0.717) is 6.61 Å². The van der Waals surface area contributed by atoms with Crippen LogP contribution in [0.2, 0.25) is 0 Å². The highest BCUT2D eigenvalue weighted by Crippen LogP contribution is 2.33. The number of pyridine rings is 1. The number of carbonyl (C=O) groups excluding carboxylic acids is 1. The molecule has 0 N–H and O–H groups in total. The van der Waals surface area contributed by atoms with Gasteiger partial charge in [-0.3, -0.25) is 9.78 Å². The zero-order valence-corrected chi connectivity index (χ0v) is 9.94. The molecule has 1 saturated heterocycles. The zero-order valence-electron chi connectivity index (χ0n) is 9.13. The molecule has 0 unspecified atom stereocenters. The van der Waals surface area contributed by atoms with Crippen LogP contribution < -0.4 is 0 Å². The van der Waals surface area contributed by atoms with Gasteiger partial charge in [0.05, 0.1) is 12.1 Å². The van der Waals surface area contributed by atoms with E-state index in [2.05, 4.69) is 4.98 Å². The molecule has 1 aliphatic heterocycles. The molecular formula is C13H11NO2S. The Hall–Kier alpha value is -1.55. The van der Waals surface area contributed by atoms with Crippen LogP contribution in [-0.4, -0.2) is 22.8 Å². The number of benzene rings is 1. The molecule has 1 fully saturated rings. The van der Waals surface area contributed by atoms with E-state index in [1.165, 1.54) is 0 Å². The van der Waals surface area contributed by atoms with Crippen molar-refractivity contribution >= 4 is 28.6 Å². The predicted molar refractivity (Wildman–Crippen MR) is 67.0 cm³/mol. The number of ether oxygens (including phenoxy) is 1. The minimum absolute atomic E-state index is 0.0809. The molecule has 1 aliphatic rings. The van der Waals surface area contributed by atoms with Gasteiger partial charge in [0.1, 0.15) is 5.25 Å². The summed E-state index contributed by atoms with van der Waals surface area (Å²) < 4.78 is 4.97. The van der Waals surface area contributed by atoms with E-state index in [-0.39, 0.29) is 11.2 Å². The number of hydrogen-bond acceptors (Lipinski definition) is 4. The number of nitrogens with zero attached hydrogens (tertiary/aromatic N) is 1. The van der Waals surface area contributed by atoms with E-state index in [4.69, 9.17) is 4.74 Å². The summed E-state index contributed by atoms with van der Waals surface area (Å²) in [4.78, 5) is 16.9. The molecule has 1 atom stereocenters. The fourth-order valence-corrected chi connectivity index (χ4v) is 3.03. The summed E-state index contributed by atoms with van der Waals surface area (Å²) in [5.74, 6) is -0.108. The summed E-state index contributed by atoms with van der Waals surface area (Å²) in [6, 6.07) is 9.97. The number of cyclic esters (lactones) is 1. The molecule has 1 aromatic carbocycles. The molecule has 0 amide bonds. The SMILES string of the molecule is O=C1OCC[C@H]1Sc1cccc2cccnc12. The smallest absolute Gasteiger partial charge is 0.319 e. The number of thioether (sulfide) groups is 1. The molecule has 1 aromatic heterocycles. The standard InChI is InChI=1S/C13H11NO2S/c15-13-11(6-8-16-13)17-10-5-1-3-9-4-2-7-14-12(9)10/h1-5,7,11H,6,8H2/t11-/m1/s1. The van der Waals surface area contributed by atoms with Gasteiger partial charge in [-0.15, -0.1) is 11.8 Å². The molecule has 0 spiro atoms. The van der Waals surface area contributed by atoms with Crippen molar-refractivity contribution in [2.75, 3.05) is 6.61 Å². The van der Waals surface area contributed by atoms with Crippen molar-refractivity contribution < 1.29 is 9.53 Å². The van der Waals surface area contributed by atoms with Crippen LogP contribution >= 0.6 is 11.8 Å². The summed E-state index contributed by atoms with van der Waals surface area (Å²) in [6.07, 6.45) is 2.56. The fourth-order valence-electron chi connectivity index (χ4n) is 1.91. The van der Waals surface area contributed by atoms with Crippen LogP contribution in [-0.2, 0) is 9.53 Å². The Bertz CT molecular complexity index is 565. The van der Waals surface area contributed by atoms with Gasteiger partial charge in [-0.05, 0) is 12.1 Å². The van der Waals surface area contributed by atoms with Crippen LogP contribution in [0.5, 0.6) is 0 Å². The van der Waals surface area contributed by atoms with E-state index in [9.17, 15) is 4.79 Å². The lowest BCUT2D eigenvalue weighted by Crippen LogP contribution is -2.09. The molecule has 3 rings (SSSR count). The molecule has 0 radical (unpaired) electrons. The average Bonchev–Trinajstić information content (AvgIpc) is 2.76. The zero-order chi connectivity index (χ0) is 11.7. The van der Waals surface area contributed by atoms with Gasteiger partial charge in [0.2, 0.25) is 0 Å². The van der Waals surface area contributed by atoms with Crippen LogP contribution in [0.15, 0.2) is 41.4 Å². The summed E-state index contributed by atoms with van der Waals surface area (Å²) in [5, 5.41) is 1.02. The van der Waals surface area contributed by atoms with Crippen molar-refractivity contribution in [3.05, 3.63) is 36.5 Å².